The van der Waals surface area contributed by atoms with Gasteiger partial charge in [-0.2, -0.15) is 12.6 Å². The zero-order valence-corrected chi connectivity index (χ0v) is 50.0. The molecule has 0 bridgehead atoms. The lowest BCUT2D eigenvalue weighted by Crippen LogP contribution is -2.71. The molecule has 6 aliphatic heterocycles. The lowest BCUT2D eigenvalue weighted by Gasteiger charge is -2.51. The van der Waals surface area contributed by atoms with E-state index < -0.39 is 260 Å². The molecule has 91 heavy (non-hydrogen) atoms. The van der Waals surface area contributed by atoms with Gasteiger partial charge in [0.1, 0.15) is 153 Å². The maximum atomic E-state index is 13.1. The van der Waals surface area contributed by atoms with Crippen molar-refractivity contribution in [2.24, 2.45) is 0 Å². The van der Waals surface area contributed by atoms with E-state index in [1.54, 1.807) is 0 Å². The molecule has 11 unspecified atom stereocenters. The van der Waals surface area contributed by atoms with Crippen LogP contribution in [0.5, 0.6) is 0 Å². The number of nitrogens with one attached hydrogen (secondary N) is 2. The molecule has 6 fully saturated rings. The van der Waals surface area contributed by atoms with E-state index in [1.807, 2.05) is 0 Å². The molecule has 2 amide bonds. The first kappa shape index (κ1) is 77.2. The first-order valence-corrected chi connectivity index (χ1v) is 30.0. The highest BCUT2D eigenvalue weighted by Gasteiger charge is 2.62. The number of unbranched alkanes of at least 4 members (excludes halogenated alkanes) is 3. The molecule has 39 heteroatoms. The van der Waals surface area contributed by atoms with Crippen LogP contribution in [0, 0.1) is 0 Å². The molecule has 0 aliphatic carbocycles. The highest BCUT2D eigenvalue weighted by molar-refractivity contribution is 7.80. The second-order valence-electron chi connectivity index (χ2n) is 22.7. The van der Waals surface area contributed by atoms with E-state index in [9.17, 15) is 121 Å². The largest absolute Gasteiger partial charge is 0.477 e. The molecule has 0 radical (unpaired) electrons. The number of hydrogen-bond donors (Lipinski definition) is 23. The van der Waals surface area contributed by atoms with Gasteiger partial charge in [0.15, 0.2) is 31.5 Å². The molecule has 31 atom stereocenters. The zero-order valence-electron chi connectivity index (χ0n) is 49.1. The topological polar surface area (TPSA) is 608 Å². The standard InChI is InChI=1S/C52H88N2O36S/c1-18(62)53-29-41(86-50-39(76)45(34(71)25(15-59)83-50)90-52(51(77)78)10-20(64)28(54-27(66)17-61)42(89-52)30(67)21(65)11-55)31(68)22(12-56)80-46(29)87-44-33(70)24(14-58)82-49(38(44)75)85-40-26(16-60)84-48(36(73)35(40)72)88-43-32(69)23(13-57)81-47(37(43)74)79-8-5-3-2-4-6-19(63)7-9-91/h20-26,28-50,55-61,64-65,67-76,91H,2-17H2,1H3,(H,53,62)(H,54,66)(H,77,78)/t20-,21-,22?,23?,24?,25?,26?,28-,29+,30-,31+,32+,33+,34+,35?,36+,37+,38+,39+,40+,41?,42?,43?,44?,45?,46+,47-,48+,49-,50+,52+/m1/s1. The van der Waals surface area contributed by atoms with E-state index >= 15 is 0 Å². The average molecular weight is 1350 g/mol. The molecule has 6 heterocycles. The highest BCUT2D eigenvalue weighted by atomic mass is 32.1. The first-order chi connectivity index (χ1) is 43.2. The number of amides is 2. The summed E-state index contributed by atoms with van der Waals surface area (Å²) in [6.45, 7) is -6.73. The summed E-state index contributed by atoms with van der Waals surface area (Å²) >= 11 is 4.05. The van der Waals surface area contributed by atoms with Gasteiger partial charge in [-0.05, 0) is 18.6 Å². The number of aliphatic hydroxyl groups excluding tert-OH is 19. The molecule has 0 aromatic carbocycles. The van der Waals surface area contributed by atoms with Gasteiger partial charge in [0.2, 0.25) is 11.8 Å². The Labute approximate surface area is 523 Å². The number of carbonyl (C=O) groups excluding carboxylic acids is 3. The van der Waals surface area contributed by atoms with E-state index in [-0.39, 0.29) is 12.4 Å². The number of carboxylic acids is 1. The van der Waals surface area contributed by atoms with Crippen LogP contribution in [0.3, 0.4) is 0 Å². The lowest BCUT2D eigenvalue weighted by molar-refractivity contribution is -0.393. The van der Waals surface area contributed by atoms with Crippen LogP contribution in [0.2, 0.25) is 0 Å². The van der Waals surface area contributed by atoms with Crippen molar-refractivity contribution >= 4 is 36.2 Å². The summed E-state index contributed by atoms with van der Waals surface area (Å²) in [5.41, 5.74) is 0. The summed E-state index contributed by atoms with van der Waals surface area (Å²) in [4.78, 5) is 50.1. The molecule has 6 saturated heterocycles. The van der Waals surface area contributed by atoms with Gasteiger partial charge in [-0.15, -0.1) is 0 Å². The normalized spacial score (nSPS) is 42.9. The molecule has 6 aliphatic rings. The molecule has 0 spiro atoms. The van der Waals surface area contributed by atoms with Crippen molar-refractivity contribution in [2.75, 3.05) is 58.6 Å². The predicted octanol–water partition coefficient (Wildman–Crippen LogP) is -12.8. The van der Waals surface area contributed by atoms with Crippen molar-refractivity contribution in [3.8, 4) is 0 Å². The number of aliphatic carboxylic acids is 1. The van der Waals surface area contributed by atoms with Gasteiger partial charge >= 0.3 is 5.97 Å². The number of hydrogen-bond acceptors (Lipinski definition) is 36. The van der Waals surface area contributed by atoms with Crippen molar-refractivity contribution < 1.29 is 178 Å². The molecule has 0 aromatic rings. The minimum absolute atomic E-state index is 0.0147. The Morgan fingerprint density at radius 1 is 0.527 bits per heavy atom. The number of rotatable bonds is 32. The molecule has 6 rings (SSSR count). The molecule has 0 aromatic heterocycles. The van der Waals surface area contributed by atoms with Crippen LogP contribution in [0.1, 0.15) is 51.9 Å². The third-order valence-electron chi connectivity index (χ3n) is 16.3. The summed E-state index contributed by atoms with van der Waals surface area (Å²) in [5.74, 6) is -7.07. The van der Waals surface area contributed by atoms with Gasteiger partial charge in [-0.3, -0.25) is 14.4 Å². The van der Waals surface area contributed by atoms with Gasteiger partial charge in [0.05, 0.1) is 51.8 Å². The van der Waals surface area contributed by atoms with Gasteiger partial charge in [0.25, 0.3) is 5.79 Å². The number of carboxylic acid groups (broad SMARTS) is 1. The monoisotopic (exact) mass is 1350 g/mol. The van der Waals surface area contributed by atoms with Crippen LogP contribution in [-0.2, 0) is 76.0 Å². The second-order valence-corrected chi connectivity index (χ2v) is 23.2. The van der Waals surface area contributed by atoms with E-state index in [1.165, 1.54) is 0 Å². The highest BCUT2D eigenvalue weighted by Crippen LogP contribution is 2.40. The summed E-state index contributed by atoms with van der Waals surface area (Å²) < 4.78 is 69.1. The van der Waals surface area contributed by atoms with Crippen molar-refractivity contribution in [1.82, 2.24) is 10.6 Å². The minimum atomic E-state index is -3.30. The minimum Gasteiger partial charge on any atom is -0.477 e. The Kier molecular flexibility index (Phi) is 30.1. The number of ketones is 1. The number of aliphatic hydroxyl groups is 19. The van der Waals surface area contributed by atoms with Crippen molar-refractivity contribution in [2.45, 2.75) is 242 Å². The molecule has 0 saturated carbocycles. The zero-order chi connectivity index (χ0) is 67.3. The van der Waals surface area contributed by atoms with Crippen LogP contribution in [0.15, 0.2) is 0 Å². The van der Waals surface area contributed by atoms with Crippen LogP contribution in [0.4, 0.5) is 0 Å². The number of ether oxygens (including phenoxy) is 12. The molecule has 38 nitrogen and oxygen atoms in total. The maximum Gasteiger partial charge on any atom is 0.364 e. The Hall–Kier alpha value is -2.81. The number of carbonyl (C=O) groups is 4. The van der Waals surface area contributed by atoms with Gasteiger partial charge < -0.3 is 170 Å². The fraction of sp³-hybridized carbons (Fsp3) is 0.923. The number of Topliss-reactive ketones (excluding diaryl/α,β-unsaturated/α-hetero) is 1. The lowest BCUT2D eigenvalue weighted by atomic mass is 9.88. The van der Waals surface area contributed by atoms with Gasteiger partial charge in [-0.25, -0.2) is 4.79 Å². The average Bonchev–Trinajstić information content (AvgIpc) is 0.877. The SMILES string of the molecule is CC(=O)N[C@H]1C(O[C@@H]2OC(CO)[C@H](O)C(O[C@]3(C(=O)O)C[C@@H](O)[C@@H](NC(=O)CO)C([C@H](O)[C@H](O)CO)O3)[C@@H]2O)[C@@H](O)C(CO)O[C@H]1OC1[C@@H](O)C(CO)O[C@H](O[C@H]2C(CO)O[C@@H](OC3[C@@H](O)C(CO)O[C@@H](OCCCCCCC(=O)CCS)[C@H]3O)[C@@H](O)C2O)[C@H]1O. The molecular weight excluding hydrogens is 1260 g/mol. The van der Waals surface area contributed by atoms with Crippen LogP contribution in [0.25, 0.3) is 0 Å². The summed E-state index contributed by atoms with van der Waals surface area (Å²) in [7, 11) is 0. The van der Waals surface area contributed by atoms with Gasteiger partial charge in [0, 0.05) is 32.8 Å². The fourth-order valence-corrected chi connectivity index (χ4v) is 11.6. The van der Waals surface area contributed by atoms with E-state index in [0.717, 1.165) is 6.92 Å². The first-order valence-electron chi connectivity index (χ1n) is 29.4. The van der Waals surface area contributed by atoms with Crippen LogP contribution in [-0.4, -0.2) is 374 Å². The summed E-state index contributed by atoms with van der Waals surface area (Å²) in [6, 6.07) is -3.79. The predicted molar refractivity (Wildman–Crippen MR) is 291 cm³/mol. The van der Waals surface area contributed by atoms with E-state index in [0.29, 0.717) is 44.3 Å². The van der Waals surface area contributed by atoms with E-state index in [4.69, 9.17) is 56.8 Å². The van der Waals surface area contributed by atoms with Crippen molar-refractivity contribution in [1.29, 1.82) is 0 Å². The third-order valence-corrected chi connectivity index (χ3v) is 16.5. The Morgan fingerprint density at radius 3 is 1.52 bits per heavy atom. The smallest absolute Gasteiger partial charge is 0.364 e. The summed E-state index contributed by atoms with van der Waals surface area (Å²) in [5, 5.41) is 222. The number of thiol groups is 1. The Morgan fingerprint density at radius 2 is 0.989 bits per heavy atom. The summed E-state index contributed by atoms with van der Waals surface area (Å²) in [6.07, 6.45) is -55.6. The van der Waals surface area contributed by atoms with Crippen LogP contribution >= 0.6 is 12.6 Å². The molecule has 528 valence electrons. The quantitative estimate of drug-likeness (QED) is 0.0220. The van der Waals surface area contributed by atoms with Crippen molar-refractivity contribution in [3.63, 3.8) is 0 Å². The second kappa shape index (κ2) is 35.4. The maximum absolute atomic E-state index is 13.1. The van der Waals surface area contributed by atoms with Crippen LogP contribution < -0.4 is 10.6 Å². The Balaban J connectivity index is 1.19. The van der Waals surface area contributed by atoms with Crippen molar-refractivity contribution in [3.05, 3.63) is 0 Å². The van der Waals surface area contributed by atoms with Gasteiger partial charge in [-0.1, -0.05) is 12.8 Å². The fourth-order valence-electron chi connectivity index (χ4n) is 11.4. The molecular formula is C52H88N2O36S. The molecule has 22 N–H and O–H groups in total. The third kappa shape index (κ3) is 18.5. The van der Waals surface area contributed by atoms with E-state index in [2.05, 4.69) is 23.3 Å². The Bertz CT molecular complexity index is 2260.